The number of hydrogen-bond donors (Lipinski definition) is 3. The van der Waals surface area contributed by atoms with Gasteiger partial charge in [0.15, 0.2) is 0 Å². The number of amides is 3. The number of hydrogen-bond acceptors (Lipinski definition) is 4. The molecule has 3 amide bonds. The third-order valence-corrected chi connectivity index (χ3v) is 5.30. The molecule has 0 aliphatic heterocycles. The fraction of sp³-hybridized carbons (Fsp3) is 0.348. The molecule has 0 aromatic heterocycles. The van der Waals surface area contributed by atoms with E-state index >= 15 is 0 Å². The highest BCUT2D eigenvalue weighted by atomic mass is 16.5. The van der Waals surface area contributed by atoms with Crippen LogP contribution in [-0.4, -0.2) is 40.4 Å². The van der Waals surface area contributed by atoms with E-state index < -0.39 is 5.91 Å². The van der Waals surface area contributed by atoms with Gasteiger partial charge < -0.3 is 10.2 Å². The minimum atomic E-state index is -0.606. The smallest absolute Gasteiger partial charge is 0.274 e. The molecule has 0 radical (unpaired) electrons. The number of nitrogens with one attached hydrogen (secondary N) is 2. The van der Waals surface area contributed by atoms with Gasteiger partial charge in [0, 0.05) is 23.7 Å². The van der Waals surface area contributed by atoms with Gasteiger partial charge in [-0.1, -0.05) is 49.6 Å². The summed E-state index contributed by atoms with van der Waals surface area (Å²) in [5.74, 6) is -1.00. The van der Waals surface area contributed by atoms with Gasteiger partial charge >= 0.3 is 0 Å². The van der Waals surface area contributed by atoms with Crippen LogP contribution < -0.4 is 10.8 Å². The summed E-state index contributed by atoms with van der Waals surface area (Å²) in [5.41, 5.74) is 3.18. The van der Waals surface area contributed by atoms with Gasteiger partial charge in [0.2, 0.25) is 5.91 Å². The van der Waals surface area contributed by atoms with Crippen LogP contribution in [-0.2, 0) is 11.3 Å². The van der Waals surface area contributed by atoms with Gasteiger partial charge in [0.25, 0.3) is 11.8 Å². The molecular weight excluding hydrogens is 382 g/mol. The van der Waals surface area contributed by atoms with E-state index in [0.29, 0.717) is 11.1 Å². The van der Waals surface area contributed by atoms with Crippen LogP contribution >= 0.6 is 0 Å². The van der Waals surface area contributed by atoms with Crippen molar-refractivity contribution in [2.45, 2.75) is 44.7 Å². The second-order valence-electron chi connectivity index (χ2n) is 7.57. The van der Waals surface area contributed by atoms with Gasteiger partial charge in [-0.15, -0.1) is 0 Å². The summed E-state index contributed by atoms with van der Waals surface area (Å²) in [6.07, 6.45) is 5.39. The maximum atomic E-state index is 13.0. The highest BCUT2D eigenvalue weighted by molar-refractivity contribution is 5.96. The molecule has 1 saturated carbocycles. The SMILES string of the molecule is O=C(CN(Cc1ccc(C(=O)NO)cc1)C(=O)c1ccccc1)NC1CCCCC1. The quantitative estimate of drug-likeness (QED) is 0.484. The largest absolute Gasteiger partial charge is 0.352 e. The van der Waals surface area contributed by atoms with E-state index in [1.54, 1.807) is 54.0 Å². The van der Waals surface area contributed by atoms with Crippen molar-refractivity contribution in [2.24, 2.45) is 0 Å². The number of nitrogens with zero attached hydrogens (tertiary/aromatic N) is 1. The number of carbonyl (C=O) groups excluding carboxylic acids is 3. The van der Waals surface area contributed by atoms with Crippen LogP contribution in [0.1, 0.15) is 58.4 Å². The van der Waals surface area contributed by atoms with Crippen molar-refractivity contribution in [1.82, 2.24) is 15.7 Å². The van der Waals surface area contributed by atoms with Crippen LogP contribution in [0.25, 0.3) is 0 Å². The summed E-state index contributed by atoms with van der Waals surface area (Å²) in [4.78, 5) is 38.7. The monoisotopic (exact) mass is 409 g/mol. The van der Waals surface area contributed by atoms with Crippen LogP contribution in [0.2, 0.25) is 0 Å². The highest BCUT2D eigenvalue weighted by Crippen LogP contribution is 2.17. The van der Waals surface area contributed by atoms with Crippen LogP contribution in [0.3, 0.4) is 0 Å². The minimum absolute atomic E-state index is 0.0386. The average Bonchev–Trinajstić information content (AvgIpc) is 2.79. The van der Waals surface area contributed by atoms with Crippen LogP contribution in [0.5, 0.6) is 0 Å². The zero-order valence-electron chi connectivity index (χ0n) is 16.8. The first kappa shape index (κ1) is 21.5. The standard InChI is InChI=1S/C23H27N3O4/c27-21(24-20-9-5-2-6-10-20)16-26(23(29)19-7-3-1-4-8-19)15-17-11-13-18(14-12-17)22(28)25-30/h1,3-4,7-8,11-14,20,30H,2,5-6,9-10,15-16H2,(H,24,27)(H,25,28). The van der Waals surface area contributed by atoms with E-state index in [4.69, 9.17) is 5.21 Å². The van der Waals surface area contributed by atoms with Gasteiger partial charge in [-0.25, -0.2) is 5.48 Å². The molecule has 2 aromatic carbocycles. The topological polar surface area (TPSA) is 98.7 Å². The Morgan fingerprint density at radius 1 is 0.900 bits per heavy atom. The Bertz CT molecular complexity index is 862. The first-order valence-corrected chi connectivity index (χ1v) is 10.2. The summed E-state index contributed by atoms with van der Waals surface area (Å²) in [7, 11) is 0. The normalized spacial score (nSPS) is 14.0. The molecule has 1 aliphatic rings. The van der Waals surface area contributed by atoms with Gasteiger partial charge in [-0.05, 0) is 42.7 Å². The lowest BCUT2D eigenvalue weighted by molar-refractivity contribution is -0.122. The Hall–Kier alpha value is -3.19. The molecule has 0 unspecified atom stereocenters. The summed E-state index contributed by atoms with van der Waals surface area (Å²) < 4.78 is 0. The van der Waals surface area contributed by atoms with Crippen molar-refractivity contribution in [2.75, 3.05) is 6.54 Å². The van der Waals surface area contributed by atoms with Crippen molar-refractivity contribution in [3.8, 4) is 0 Å². The lowest BCUT2D eigenvalue weighted by Crippen LogP contribution is -2.44. The first-order chi connectivity index (χ1) is 14.6. The molecule has 1 fully saturated rings. The predicted molar refractivity (Wildman–Crippen MR) is 112 cm³/mol. The fourth-order valence-electron chi connectivity index (χ4n) is 3.70. The molecular formula is C23H27N3O4. The zero-order valence-corrected chi connectivity index (χ0v) is 16.8. The first-order valence-electron chi connectivity index (χ1n) is 10.2. The molecule has 0 heterocycles. The number of rotatable bonds is 7. The minimum Gasteiger partial charge on any atom is -0.352 e. The second kappa shape index (κ2) is 10.5. The molecule has 1 aliphatic carbocycles. The molecule has 0 atom stereocenters. The fourth-order valence-corrected chi connectivity index (χ4v) is 3.70. The van der Waals surface area contributed by atoms with E-state index in [-0.39, 0.29) is 30.9 Å². The van der Waals surface area contributed by atoms with Gasteiger partial charge in [-0.2, -0.15) is 0 Å². The Kier molecular flexibility index (Phi) is 7.57. The summed E-state index contributed by atoms with van der Waals surface area (Å²) in [6.45, 7) is 0.190. The number of benzene rings is 2. The van der Waals surface area contributed by atoms with Crippen molar-refractivity contribution < 1.29 is 19.6 Å². The maximum Gasteiger partial charge on any atom is 0.274 e. The van der Waals surface area contributed by atoms with E-state index in [1.165, 1.54) is 11.3 Å². The predicted octanol–water partition coefficient (Wildman–Crippen LogP) is 2.90. The molecule has 7 heteroatoms. The number of hydroxylamine groups is 1. The van der Waals surface area contributed by atoms with Crippen LogP contribution in [0.4, 0.5) is 0 Å². The molecule has 0 spiro atoms. The van der Waals surface area contributed by atoms with Crippen LogP contribution in [0.15, 0.2) is 54.6 Å². The molecule has 7 nitrogen and oxygen atoms in total. The van der Waals surface area contributed by atoms with Gasteiger partial charge in [0.1, 0.15) is 6.54 Å². The molecule has 3 rings (SSSR count). The van der Waals surface area contributed by atoms with Crippen molar-refractivity contribution in [3.05, 3.63) is 71.3 Å². The lowest BCUT2D eigenvalue weighted by Gasteiger charge is -2.26. The Morgan fingerprint density at radius 3 is 2.20 bits per heavy atom. The third-order valence-electron chi connectivity index (χ3n) is 5.30. The van der Waals surface area contributed by atoms with E-state index in [2.05, 4.69) is 5.32 Å². The van der Waals surface area contributed by atoms with E-state index in [1.807, 2.05) is 6.07 Å². The summed E-state index contributed by atoms with van der Waals surface area (Å²) in [5, 5.41) is 11.8. The lowest BCUT2D eigenvalue weighted by atomic mass is 9.95. The maximum absolute atomic E-state index is 13.0. The van der Waals surface area contributed by atoms with Crippen LogP contribution in [0, 0.1) is 0 Å². The second-order valence-corrected chi connectivity index (χ2v) is 7.57. The average molecular weight is 409 g/mol. The highest BCUT2D eigenvalue weighted by Gasteiger charge is 2.22. The molecule has 158 valence electrons. The van der Waals surface area contributed by atoms with E-state index in [9.17, 15) is 14.4 Å². The Labute approximate surface area is 176 Å². The Balaban J connectivity index is 1.72. The van der Waals surface area contributed by atoms with Crippen molar-refractivity contribution in [1.29, 1.82) is 0 Å². The summed E-state index contributed by atoms with van der Waals surface area (Å²) in [6, 6.07) is 15.6. The van der Waals surface area contributed by atoms with Crippen molar-refractivity contribution >= 4 is 17.7 Å². The van der Waals surface area contributed by atoms with E-state index in [0.717, 1.165) is 31.2 Å². The van der Waals surface area contributed by atoms with Gasteiger partial charge in [-0.3, -0.25) is 19.6 Å². The molecule has 30 heavy (non-hydrogen) atoms. The molecule has 3 N–H and O–H groups in total. The molecule has 0 saturated heterocycles. The van der Waals surface area contributed by atoms with Gasteiger partial charge in [0.05, 0.1) is 0 Å². The third kappa shape index (κ3) is 5.90. The Morgan fingerprint density at radius 2 is 1.57 bits per heavy atom. The zero-order chi connectivity index (χ0) is 21.3. The molecule has 2 aromatic rings. The molecule has 0 bridgehead atoms. The van der Waals surface area contributed by atoms with Crippen molar-refractivity contribution in [3.63, 3.8) is 0 Å². The number of carbonyl (C=O) groups is 3. The summed E-state index contributed by atoms with van der Waals surface area (Å²) >= 11 is 0.